The van der Waals surface area contributed by atoms with Crippen LogP contribution in [0.2, 0.25) is 0 Å². The zero-order valence-electron chi connectivity index (χ0n) is 12.8. The Morgan fingerprint density at radius 2 is 1.80 bits per heavy atom. The van der Waals surface area contributed by atoms with Crippen molar-refractivity contribution in [1.29, 1.82) is 0 Å². The smallest absolute Gasteiger partial charge is 0.115 e. The van der Waals surface area contributed by atoms with E-state index in [1.165, 1.54) is 68.9 Å². The quantitative estimate of drug-likeness (QED) is 0.811. The van der Waals surface area contributed by atoms with E-state index in [1.807, 2.05) is 12.1 Å². The summed E-state index contributed by atoms with van der Waals surface area (Å²) >= 11 is 0. The second-order valence-corrected chi connectivity index (χ2v) is 7.03. The molecular formula is C19H28O. The van der Waals surface area contributed by atoms with Crippen LogP contribution < -0.4 is 0 Å². The summed E-state index contributed by atoms with van der Waals surface area (Å²) in [6, 6.07) is 5.99. The zero-order chi connectivity index (χ0) is 13.9. The van der Waals surface area contributed by atoms with Gasteiger partial charge in [-0.25, -0.2) is 0 Å². The molecule has 2 aliphatic carbocycles. The Balaban J connectivity index is 1.59. The molecule has 20 heavy (non-hydrogen) atoms. The van der Waals surface area contributed by atoms with E-state index in [0.29, 0.717) is 5.75 Å². The van der Waals surface area contributed by atoms with Gasteiger partial charge in [0.2, 0.25) is 0 Å². The molecule has 1 atom stereocenters. The van der Waals surface area contributed by atoms with Gasteiger partial charge in [-0.05, 0) is 73.1 Å². The third-order valence-corrected chi connectivity index (χ3v) is 5.71. The van der Waals surface area contributed by atoms with E-state index in [-0.39, 0.29) is 0 Å². The first-order chi connectivity index (χ1) is 9.76. The van der Waals surface area contributed by atoms with Crippen molar-refractivity contribution < 1.29 is 5.11 Å². The highest BCUT2D eigenvalue weighted by molar-refractivity contribution is 5.36. The fourth-order valence-electron chi connectivity index (χ4n) is 4.53. The Morgan fingerprint density at radius 3 is 2.55 bits per heavy atom. The molecule has 0 spiro atoms. The van der Waals surface area contributed by atoms with Gasteiger partial charge in [-0.3, -0.25) is 0 Å². The molecule has 2 aliphatic rings. The molecule has 0 heterocycles. The van der Waals surface area contributed by atoms with Crippen molar-refractivity contribution in [3.8, 4) is 5.75 Å². The van der Waals surface area contributed by atoms with E-state index in [0.717, 1.165) is 17.8 Å². The lowest BCUT2D eigenvalue weighted by molar-refractivity contribution is 0.184. The summed E-state index contributed by atoms with van der Waals surface area (Å²) in [5.74, 6) is 3.31. The summed E-state index contributed by atoms with van der Waals surface area (Å²) in [5.41, 5.74) is 2.88. The normalized spacial score (nSPS) is 29.9. The van der Waals surface area contributed by atoms with E-state index < -0.39 is 0 Å². The summed E-state index contributed by atoms with van der Waals surface area (Å²) in [7, 11) is 0. The Kier molecular flexibility index (Phi) is 4.33. The molecule has 110 valence electrons. The van der Waals surface area contributed by atoms with Crippen LogP contribution in [0.15, 0.2) is 18.2 Å². The second kappa shape index (κ2) is 6.20. The molecule has 1 aromatic rings. The molecule has 1 nitrogen and oxygen atoms in total. The van der Waals surface area contributed by atoms with Gasteiger partial charge in [0.1, 0.15) is 5.75 Å². The summed E-state index contributed by atoms with van der Waals surface area (Å²) in [6.45, 7) is 2.32. The molecule has 1 heteroatoms. The fourth-order valence-corrected chi connectivity index (χ4v) is 4.53. The molecule has 0 amide bonds. The Hall–Kier alpha value is -0.980. The highest BCUT2D eigenvalue weighted by Gasteiger charge is 2.29. The minimum Gasteiger partial charge on any atom is -0.508 e. The number of phenolic OH excluding ortho intramolecular Hbond substituents is 1. The minimum absolute atomic E-state index is 0.433. The monoisotopic (exact) mass is 272 g/mol. The van der Waals surface area contributed by atoms with E-state index in [2.05, 4.69) is 13.0 Å². The molecule has 0 saturated heterocycles. The van der Waals surface area contributed by atoms with Gasteiger partial charge in [-0.2, -0.15) is 0 Å². The zero-order valence-corrected chi connectivity index (χ0v) is 12.8. The largest absolute Gasteiger partial charge is 0.508 e. The van der Waals surface area contributed by atoms with Gasteiger partial charge >= 0.3 is 0 Å². The highest BCUT2D eigenvalue weighted by Crippen LogP contribution is 2.40. The Morgan fingerprint density at radius 1 is 1.00 bits per heavy atom. The number of benzene rings is 1. The van der Waals surface area contributed by atoms with Gasteiger partial charge in [0.25, 0.3) is 0 Å². The lowest BCUT2D eigenvalue weighted by atomic mass is 9.69. The molecule has 0 aromatic heterocycles. The number of hydrogen-bond donors (Lipinski definition) is 1. The lowest BCUT2D eigenvalue weighted by Crippen LogP contribution is -2.26. The van der Waals surface area contributed by atoms with Crippen molar-refractivity contribution in [2.45, 2.75) is 64.7 Å². The lowest BCUT2D eigenvalue weighted by Gasteiger charge is -2.36. The maximum atomic E-state index is 9.58. The number of hydrogen-bond acceptors (Lipinski definition) is 1. The molecular weight excluding hydrogens is 244 g/mol. The van der Waals surface area contributed by atoms with Crippen LogP contribution in [0.4, 0.5) is 0 Å². The molecule has 1 N–H and O–H groups in total. The van der Waals surface area contributed by atoms with Crippen LogP contribution >= 0.6 is 0 Å². The number of rotatable bonds is 3. The maximum absolute atomic E-state index is 9.58. The third kappa shape index (κ3) is 3.02. The summed E-state index contributed by atoms with van der Waals surface area (Å²) in [4.78, 5) is 0. The first-order valence-corrected chi connectivity index (χ1v) is 8.57. The molecule has 1 saturated carbocycles. The van der Waals surface area contributed by atoms with Gasteiger partial charge in [0.15, 0.2) is 0 Å². The van der Waals surface area contributed by atoms with Gasteiger partial charge < -0.3 is 5.11 Å². The van der Waals surface area contributed by atoms with Crippen LogP contribution in [-0.2, 0) is 12.8 Å². The summed E-state index contributed by atoms with van der Waals surface area (Å²) in [5, 5.41) is 9.58. The second-order valence-electron chi connectivity index (χ2n) is 7.03. The van der Waals surface area contributed by atoms with Crippen LogP contribution in [0.1, 0.15) is 63.0 Å². The SMILES string of the molecule is CCCC1CCC(C2CCc3cc(O)ccc3C2)CC1. The number of aryl methyl sites for hydroxylation is 1. The van der Waals surface area contributed by atoms with Gasteiger partial charge in [-0.1, -0.05) is 38.7 Å². The maximum Gasteiger partial charge on any atom is 0.115 e. The standard InChI is InChI=1S/C19H28O/c1-2-3-14-4-6-15(7-5-14)16-8-9-18-13-19(20)11-10-17(18)12-16/h10-11,13-16,20H,2-9,12H2,1H3. The van der Waals surface area contributed by atoms with Crippen molar-refractivity contribution in [3.05, 3.63) is 29.3 Å². The van der Waals surface area contributed by atoms with Crippen molar-refractivity contribution in [2.75, 3.05) is 0 Å². The molecule has 0 aliphatic heterocycles. The fraction of sp³-hybridized carbons (Fsp3) is 0.684. The number of aromatic hydroxyl groups is 1. The summed E-state index contributed by atoms with van der Waals surface area (Å²) < 4.78 is 0. The highest BCUT2D eigenvalue weighted by atomic mass is 16.3. The van der Waals surface area contributed by atoms with Crippen molar-refractivity contribution >= 4 is 0 Å². The van der Waals surface area contributed by atoms with Crippen LogP contribution in [0.5, 0.6) is 5.75 Å². The molecule has 1 fully saturated rings. The predicted octanol–water partition coefficient (Wildman–Crippen LogP) is 5.10. The van der Waals surface area contributed by atoms with Crippen molar-refractivity contribution in [1.82, 2.24) is 0 Å². The number of phenols is 1. The average molecular weight is 272 g/mol. The topological polar surface area (TPSA) is 20.2 Å². The Labute approximate surface area is 123 Å². The van der Waals surface area contributed by atoms with Gasteiger partial charge in [0, 0.05) is 0 Å². The van der Waals surface area contributed by atoms with E-state index >= 15 is 0 Å². The average Bonchev–Trinajstić information content (AvgIpc) is 2.48. The first-order valence-electron chi connectivity index (χ1n) is 8.57. The first kappa shape index (κ1) is 14.0. The molecule has 0 radical (unpaired) electrons. The number of fused-ring (bicyclic) bond motifs is 1. The minimum atomic E-state index is 0.433. The van der Waals surface area contributed by atoms with Gasteiger partial charge in [0.05, 0.1) is 0 Å². The van der Waals surface area contributed by atoms with E-state index in [1.54, 1.807) is 0 Å². The van der Waals surface area contributed by atoms with Crippen LogP contribution in [0, 0.1) is 17.8 Å². The van der Waals surface area contributed by atoms with Crippen LogP contribution in [0.3, 0.4) is 0 Å². The van der Waals surface area contributed by atoms with Crippen molar-refractivity contribution in [3.63, 3.8) is 0 Å². The van der Waals surface area contributed by atoms with E-state index in [4.69, 9.17) is 0 Å². The molecule has 0 bridgehead atoms. The third-order valence-electron chi connectivity index (χ3n) is 5.71. The molecule has 1 unspecified atom stereocenters. The molecule has 3 rings (SSSR count). The van der Waals surface area contributed by atoms with Gasteiger partial charge in [-0.15, -0.1) is 0 Å². The predicted molar refractivity (Wildman–Crippen MR) is 84.0 cm³/mol. The molecule has 1 aromatic carbocycles. The summed E-state index contributed by atoms with van der Waals surface area (Å²) in [6.07, 6.45) is 12.4. The Bertz CT molecular complexity index is 443. The van der Waals surface area contributed by atoms with E-state index in [9.17, 15) is 5.11 Å². The van der Waals surface area contributed by atoms with Crippen LogP contribution in [-0.4, -0.2) is 5.11 Å². The van der Waals surface area contributed by atoms with Crippen LogP contribution in [0.25, 0.3) is 0 Å². The van der Waals surface area contributed by atoms with Crippen molar-refractivity contribution in [2.24, 2.45) is 17.8 Å².